The molecule has 3 atom stereocenters. The number of nitrogens with two attached hydrogens (primary N) is 1. The predicted molar refractivity (Wildman–Crippen MR) is 57.6 cm³/mol. The van der Waals surface area contributed by atoms with Crippen molar-refractivity contribution in [2.75, 3.05) is 6.61 Å². The minimum atomic E-state index is -4.39. The molecule has 1 aromatic heterocycles. The van der Waals surface area contributed by atoms with Crippen LogP contribution >= 0.6 is 11.3 Å². The first-order chi connectivity index (χ1) is 7.88. The van der Waals surface area contributed by atoms with E-state index in [2.05, 4.69) is 4.98 Å². The van der Waals surface area contributed by atoms with E-state index in [0.29, 0.717) is 22.8 Å². The van der Waals surface area contributed by atoms with Crippen molar-refractivity contribution in [2.24, 2.45) is 11.7 Å². The van der Waals surface area contributed by atoms with Crippen molar-refractivity contribution in [3.05, 3.63) is 16.1 Å². The van der Waals surface area contributed by atoms with Gasteiger partial charge < -0.3 is 10.5 Å². The number of rotatable bonds is 2. The van der Waals surface area contributed by atoms with Crippen molar-refractivity contribution in [3.8, 4) is 0 Å². The maximum atomic E-state index is 12.4. The Hall–Kier alpha value is -0.660. The summed E-state index contributed by atoms with van der Waals surface area (Å²) in [5, 5.41) is -0.838. The molecule has 1 fully saturated rings. The highest BCUT2D eigenvalue weighted by Crippen LogP contribution is 2.37. The Morgan fingerprint density at radius 3 is 2.76 bits per heavy atom. The first-order valence-electron chi connectivity index (χ1n) is 5.28. The van der Waals surface area contributed by atoms with Gasteiger partial charge in [0, 0.05) is 23.0 Å². The van der Waals surface area contributed by atoms with E-state index in [4.69, 9.17) is 10.5 Å². The highest BCUT2D eigenvalue weighted by atomic mass is 32.1. The Balaban J connectivity index is 2.09. The first-order valence-corrected chi connectivity index (χ1v) is 6.09. The molecular formula is C10H13F3N2OS. The SMILES string of the molecule is CC1CC(C(N)c2cnc(C(F)(F)F)s2)CO1. The van der Waals surface area contributed by atoms with Gasteiger partial charge in [0.1, 0.15) is 0 Å². The van der Waals surface area contributed by atoms with Gasteiger partial charge in [0.25, 0.3) is 0 Å². The topological polar surface area (TPSA) is 48.1 Å². The molecule has 0 amide bonds. The number of thiazole rings is 1. The normalized spacial score (nSPS) is 27.4. The van der Waals surface area contributed by atoms with Gasteiger partial charge in [-0.2, -0.15) is 13.2 Å². The van der Waals surface area contributed by atoms with Crippen LogP contribution in [0.5, 0.6) is 0 Å². The minimum Gasteiger partial charge on any atom is -0.378 e. The molecule has 96 valence electrons. The molecule has 7 heteroatoms. The number of aromatic nitrogens is 1. The average molecular weight is 266 g/mol. The molecule has 0 aromatic carbocycles. The van der Waals surface area contributed by atoms with Gasteiger partial charge in [-0.3, -0.25) is 0 Å². The van der Waals surface area contributed by atoms with Crippen molar-refractivity contribution < 1.29 is 17.9 Å². The van der Waals surface area contributed by atoms with Crippen LogP contribution in [0, 0.1) is 5.92 Å². The lowest BCUT2D eigenvalue weighted by Gasteiger charge is -2.15. The van der Waals surface area contributed by atoms with Gasteiger partial charge >= 0.3 is 6.18 Å². The van der Waals surface area contributed by atoms with E-state index in [1.807, 2.05) is 6.92 Å². The fourth-order valence-corrected chi connectivity index (χ4v) is 2.78. The molecule has 1 saturated heterocycles. The Kier molecular flexibility index (Phi) is 3.42. The summed E-state index contributed by atoms with van der Waals surface area (Å²) in [6.45, 7) is 2.43. The van der Waals surface area contributed by atoms with Crippen LogP contribution in [-0.2, 0) is 10.9 Å². The lowest BCUT2D eigenvalue weighted by Crippen LogP contribution is -2.20. The number of ether oxygens (including phenoxy) is 1. The highest BCUT2D eigenvalue weighted by Gasteiger charge is 2.36. The van der Waals surface area contributed by atoms with Gasteiger partial charge in [-0.15, -0.1) is 11.3 Å². The Bertz CT molecular complexity index is 393. The Labute approximate surface area is 101 Å². The molecule has 0 spiro atoms. The van der Waals surface area contributed by atoms with E-state index >= 15 is 0 Å². The second-order valence-corrected chi connectivity index (χ2v) is 5.29. The fourth-order valence-electron chi connectivity index (χ4n) is 1.90. The number of hydrogen-bond acceptors (Lipinski definition) is 4. The largest absolute Gasteiger partial charge is 0.443 e. The summed E-state index contributed by atoms with van der Waals surface area (Å²) in [5.41, 5.74) is 5.94. The van der Waals surface area contributed by atoms with Crippen LogP contribution in [0.15, 0.2) is 6.20 Å². The Morgan fingerprint density at radius 2 is 2.29 bits per heavy atom. The molecular weight excluding hydrogens is 253 g/mol. The predicted octanol–water partition coefficient (Wildman–Crippen LogP) is 2.59. The zero-order valence-electron chi connectivity index (χ0n) is 9.20. The van der Waals surface area contributed by atoms with E-state index in [9.17, 15) is 13.2 Å². The summed E-state index contributed by atoms with van der Waals surface area (Å²) < 4.78 is 42.5. The summed E-state index contributed by atoms with van der Waals surface area (Å²) >= 11 is 0.619. The van der Waals surface area contributed by atoms with Gasteiger partial charge in [-0.1, -0.05) is 0 Å². The van der Waals surface area contributed by atoms with E-state index < -0.39 is 17.2 Å². The van der Waals surface area contributed by atoms with Crippen molar-refractivity contribution >= 4 is 11.3 Å². The van der Waals surface area contributed by atoms with Crippen molar-refractivity contribution in [1.82, 2.24) is 4.98 Å². The van der Waals surface area contributed by atoms with E-state index in [0.717, 1.165) is 6.42 Å². The third-order valence-electron chi connectivity index (χ3n) is 2.83. The summed E-state index contributed by atoms with van der Waals surface area (Å²) in [6.07, 6.45) is -2.26. The van der Waals surface area contributed by atoms with Crippen molar-refractivity contribution in [3.63, 3.8) is 0 Å². The third-order valence-corrected chi connectivity index (χ3v) is 3.98. The van der Waals surface area contributed by atoms with Gasteiger partial charge in [-0.25, -0.2) is 4.98 Å². The van der Waals surface area contributed by atoms with Crippen LogP contribution in [-0.4, -0.2) is 17.7 Å². The summed E-state index contributed by atoms with van der Waals surface area (Å²) in [7, 11) is 0. The van der Waals surface area contributed by atoms with E-state index in [1.54, 1.807) is 0 Å². The molecule has 2 N–H and O–H groups in total. The van der Waals surface area contributed by atoms with Crippen LogP contribution in [0.3, 0.4) is 0 Å². The highest BCUT2D eigenvalue weighted by molar-refractivity contribution is 7.11. The summed E-state index contributed by atoms with van der Waals surface area (Å²) in [4.78, 5) is 3.84. The molecule has 1 aliphatic heterocycles. The maximum absolute atomic E-state index is 12.4. The molecule has 2 rings (SSSR count). The number of hydrogen-bond donors (Lipinski definition) is 1. The second-order valence-electron chi connectivity index (χ2n) is 4.23. The van der Waals surface area contributed by atoms with Crippen LogP contribution in [0.2, 0.25) is 0 Å². The molecule has 3 unspecified atom stereocenters. The molecule has 0 saturated carbocycles. The molecule has 1 aromatic rings. The van der Waals surface area contributed by atoms with Crippen LogP contribution < -0.4 is 5.73 Å². The quantitative estimate of drug-likeness (QED) is 0.895. The third kappa shape index (κ3) is 2.78. The van der Waals surface area contributed by atoms with Gasteiger partial charge in [0.05, 0.1) is 12.7 Å². The van der Waals surface area contributed by atoms with Gasteiger partial charge in [0.15, 0.2) is 5.01 Å². The maximum Gasteiger partial charge on any atom is 0.443 e. The molecule has 2 heterocycles. The number of halogens is 3. The molecule has 0 bridgehead atoms. The zero-order chi connectivity index (χ0) is 12.6. The van der Waals surface area contributed by atoms with E-state index in [-0.39, 0.29) is 12.0 Å². The smallest absolute Gasteiger partial charge is 0.378 e. The number of alkyl halides is 3. The van der Waals surface area contributed by atoms with Crippen molar-refractivity contribution in [2.45, 2.75) is 31.7 Å². The average Bonchev–Trinajstić information content (AvgIpc) is 2.83. The van der Waals surface area contributed by atoms with Gasteiger partial charge in [0.2, 0.25) is 0 Å². The molecule has 3 nitrogen and oxygen atoms in total. The zero-order valence-corrected chi connectivity index (χ0v) is 10.0. The molecule has 1 aliphatic rings. The number of nitrogens with zero attached hydrogens (tertiary/aromatic N) is 1. The van der Waals surface area contributed by atoms with Crippen molar-refractivity contribution in [1.29, 1.82) is 0 Å². The van der Waals surface area contributed by atoms with Crippen LogP contribution in [0.4, 0.5) is 13.2 Å². The fraction of sp³-hybridized carbons (Fsp3) is 0.700. The van der Waals surface area contributed by atoms with Gasteiger partial charge in [-0.05, 0) is 13.3 Å². The summed E-state index contributed by atoms with van der Waals surface area (Å²) in [6, 6.07) is -0.423. The Morgan fingerprint density at radius 1 is 1.59 bits per heavy atom. The van der Waals surface area contributed by atoms with E-state index in [1.165, 1.54) is 6.20 Å². The van der Waals surface area contributed by atoms with Crippen LogP contribution in [0.1, 0.15) is 29.3 Å². The lowest BCUT2D eigenvalue weighted by atomic mass is 9.97. The standard InChI is InChI=1S/C10H13F3N2OS/c1-5-2-6(4-16-5)8(14)7-3-15-9(17-7)10(11,12)13/h3,5-6,8H,2,4,14H2,1H3. The first kappa shape index (κ1) is 12.8. The molecule has 0 aliphatic carbocycles. The lowest BCUT2D eigenvalue weighted by molar-refractivity contribution is -0.137. The minimum absolute atomic E-state index is 0.0755. The monoisotopic (exact) mass is 266 g/mol. The molecule has 0 radical (unpaired) electrons. The summed E-state index contributed by atoms with van der Waals surface area (Å²) in [5.74, 6) is 0.0755. The second kappa shape index (κ2) is 4.55. The molecule has 17 heavy (non-hydrogen) atoms. The van der Waals surface area contributed by atoms with Crippen LogP contribution in [0.25, 0.3) is 0 Å².